The van der Waals surface area contributed by atoms with Gasteiger partial charge in [0.2, 0.25) is 0 Å². The van der Waals surface area contributed by atoms with Crippen LogP contribution < -0.4 is 5.73 Å². The quantitative estimate of drug-likeness (QED) is 0.820. The average molecular weight is 262 g/mol. The minimum atomic E-state index is -0.436. The third kappa shape index (κ3) is 3.71. The fraction of sp³-hybridized carbons (Fsp3) is 0.625. The van der Waals surface area contributed by atoms with Crippen LogP contribution in [0.2, 0.25) is 0 Å². The predicted molar refractivity (Wildman–Crippen MR) is 79.9 cm³/mol. The highest BCUT2D eigenvalue weighted by atomic mass is 16.3. The Morgan fingerprint density at radius 1 is 1.37 bits per heavy atom. The van der Waals surface area contributed by atoms with E-state index in [-0.39, 0.29) is 0 Å². The molecule has 1 aromatic carbocycles. The van der Waals surface area contributed by atoms with Crippen molar-refractivity contribution >= 4 is 5.69 Å². The highest BCUT2D eigenvalue weighted by molar-refractivity contribution is 5.41. The van der Waals surface area contributed by atoms with E-state index in [0.29, 0.717) is 17.6 Å². The van der Waals surface area contributed by atoms with Gasteiger partial charge in [0.05, 0.1) is 6.10 Å². The normalized spacial score (nSPS) is 21.2. The van der Waals surface area contributed by atoms with Gasteiger partial charge < -0.3 is 15.7 Å². The van der Waals surface area contributed by atoms with Crippen LogP contribution in [-0.2, 0) is 0 Å². The SMILES string of the molecule is CCC1(C)CCN(CC(O)c2cccc(N)c2)CC1. The Kier molecular flexibility index (Phi) is 4.48. The fourth-order valence-corrected chi connectivity index (χ4v) is 2.75. The molecule has 3 heteroatoms. The molecule has 0 spiro atoms. The maximum Gasteiger partial charge on any atom is 0.0917 e. The molecule has 1 heterocycles. The highest BCUT2D eigenvalue weighted by Gasteiger charge is 2.28. The van der Waals surface area contributed by atoms with Crippen LogP contribution in [0.1, 0.15) is 44.8 Å². The van der Waals surface area contributed by atoms with Gasteiger partial charge in [0, 0.05) is 12.2 Å². The van der Waals surface area contributed by atoms with E-state index in [2.05, 4.69) is 18.7 Å². The van der Waals surface area contributed by atoms with Crippen LogP contribution in [0.5, 0.6) is 0 Å². The summed E-state index contributed by atoms with van der Waals surface area (Å²) in [7, 11) is 0. The Hall–Kier alpha value is -1.06. The molecule has 0 aromatic heterocycles. The van der Waals surface area contributed by atoms with Gasteiger partial charge in [-0.2, -0.15) is 0 Å². The first-order valence-corrected chi connectivity index (χ1v) is 7.28. The molecule has 1 aliphatic heterocycles. The lowest BCUT2D eigenvalue weighted by Gasteiger charge is -2.39. The maximum absolute atomic E-state index is 10.3. The van der Waals surface area contributed by atoms with Gasteiger partial charge in [-0.05, 0) is 49.0 Å². The van der Waals surface area contributed by atoms with Gasteiger partial charge in [-0.3, -0.25) is 0 Å². The van der Waals surface area contributed by atoms with E-state index in [1.807, 2.05) is 24.3 Å². The van der Waals surface area contributed by atoms with Crippen molar-refractivity contribution in [2.24, 2.45) is 5.41 Å². The first-order chi connectivity index (χ1) is 9.02. The van der Waals surface area contributed by atoms with Crippen molar-refractivity contribution in [1.29, 1.82) is 0 Å². The van der Waals surface area contributed by atoms with Gasteiger partial charge in [0.1, 0.15) is 0 Å². The van der Waals surface area contributed by atoms with Gasteiger partial charge in [-0.25, -0.2) is 0 Å². The lowest BCUT2D eigenvalue weighted by atomic mass is 9.78. The molecule has 1 saturated heterocycles. The summed E-state index contributed by atoms with van der Waals surface area (Å²) in [5, 5.41) is 10.3. The second-order valence-electron chi connectivity index (χ2n) is 6.15. The number of anilines is 1. The molecule has 1 fully saturated rings. The molecule has 106 valence electrons. The lowest BCUT2D eigenvalue weighted by Crippen LogP contribution is -2.40. The van der Waals surface area contributed by atoms with Crippen LogP contribution in [0.25, 0.3) is 0 Å². The third-order valence-electron chi connectivity index (χ3n) is 4.64. The molecule has 19 heavy (non-hydrogen) atoms. The number of aliphatic hydroxyl groups is 1. The van der Waals surface area contributed by atoms with Crippen LogP contribution in [-0.4, -0.2) is 29.6 Å². The standard InChI is InChI=1S/C16H26N2O/c1-3-16(2)7-9-18(10-8-16)12-15(19)13-5-4-6-14(17)11-13/h4-6,11,15,19H,3,7-10,12,17H2,1-2H3. The summed E-state index contributed by atoms with van der Waals surface area (Å²) in [5.74, 6) is 0. The Labute approximate surface area is 116 Å². The number of hydrogen-bond acceptors (Lipinski definition) is 3. The minimum absolute atomic E-state index is 0.436. The van der Waals surface area contributed by atoms with Crippen LogP contribution in [0, 0.1) is 5.41 Å². The largest absolute Gasteiger partial charge is 0.399 e. The third-order valence-corrected chi connectivity index (χ3v) is 4.64. The number of rotatable bonds is 4. The number of aliphatic hydroxyl groups excluding tert-OH is 1. The van der Waals surface area contributed by atoms with Crippen molar-refractivity contribution in [2.75, 3.05) is 25.4 Å². The van der Waals surface area contributed by atoms with Gasteiger partial charge in [-0.15, -0.1) is 0 Å². The summed E-state index contributed by atoms with van der Waals surface area (Å²) < 4.78 is 0. The number of benzene rings is 1. The summed E-state index contributed by atoms with van der Waals surface area (Å²) in [6.07, 6.45) is 3.27. The fourth-order valence-electron chi connectivity index (χ4n) is 2.75. The smallest absolute Gasteiger partial charge is 0.0917 e. The molecule has 0 amide bonds. The average Bonchev–Trinajstić information content (AvgIpc) is 2.41. The zero-order chi connectivity index (χ0) is 13.9. The number of likely N-dealkylation sites (tertiary alicyclic amines) is 1. The molecule has 1 atom stereocenters. The monoisotopic (exact) mass is 262 g/mol. The summed E-state index contributed by atoms with van der Waals surface area (Å²) >= 11 is 0. The van der Waals surface area contributed by atoms with Crippen molar-refractivity contribution in [3.05, 3.63) is 29.8 Å². The van der Waals surface area contributed by atoms with Crippen molar-refractivity contribution in [2.45, 2.75) is 39.2 Å². The molecular formula is C16H26N2O. The van der Waals surface area contributed by atoms with Gasteiger partial charge in [0.25, 0.3) is 0 Å². The van der Waals surface area contributed by atoms with Gasteiger partial charge in [-0.1, -0.05) is 32.4 Å². The van der Waals surface area contributed by atoms with Crippen molar-refractivity contribution in [3.8, 4) is 0 Å². The van der Waals surface area contributed by atoms with Gasteiger partial charge in [0.15, 0.2) is 0 Å². The van der Waals surface area contributed by atoms with E-state index in [1.54, 1.807) is 0 Å². The van der Waals surface area contributed by atoms with E-state index in [1.165, 1.54) is 19.3 Å². The number of piperidine rings is 1. The number of nitrogen functional groups attached to an aromatic ring is 1. The van der Waals surface area contributed by atoms with Crippen LogP contribution in [0.4, 0.5) is 5.69 Å². The molecule has 0 saturated carbocycles. The van der Waals surface area contributed by atoms with E-state index >= 15 is 0 Å². The first kappa shape index (κ1) is 14.4. The molecule has 3 nitrogen and oxygen atoms in total. The topological polar surface area (TPSA) is 49.5 Å². The second-order valence-corrected chi connectivity index (χ2v) is 6.15. The molecule has 2 rings (SSSR count). The Morgan fingerprint density at radius 2 is 2.05 bits per heavy atom. The molecule has 1 aliphatic rings. The van der Waals surface area contributed by atoms with E-state index in [4.69, 9.17) is 5.73 Å². The molecule has 0 aliphatic carbocycles. The highest BCUT2D eigenvalue weighted by Crippen LogP contribution is 2.34. The van der Waals surface area contributed by atoms with Crippen molar-refractivity contribution in [1.82, 2.24) is 4.90 Å². The molecule has 1 unspecified atom stereocenters. The zero-order valence-corrected chi connectivity index (χ0v) is 12.1. The zero-order valence-electron chi connectivity index (χ0n) is 12.1. The Morgan fingerprint density at radius 3 is 2.63 bits per heavy atom. The number of hydrogen-bond donors (Lipinski definition) is 2. The van der Waals surface area contributed by atoms with Crippen molar-refractivity contribution in [3.63, 3.8) is 0 Å². The van der Waals surface area contributed by atoms with E-state index in [0.717, 1.165) is 18.7 Å². The molecule has 3 N–H and O–H groups in total. The van der Waals surface area contributed by atoms with Crippen LogP contribution in [0.15, 0.2) is 24.3 Å². The van der Waals surface area contributed by atoms with Crippen molar-refractivity contribution < 1.29 is 5.11 Å². The molecule has 0 bridgehead atoms. The summed E-state index contributed by atoms with van der Waals surface area (Å²) in [6, 6.07) is 7.56. The summed E-state index contributed by atoms with van der Waals surface area (Å²) in [6.45, 7) is 7.53. The predicted octanol–water partition coefficient (Wildman–Crippen LogP) is 2.81. The van der Waals surface area contributed by atoms with Crippen LogP contribution >= 0.6 is 0 Å². The Balaban J connectivity index is 1.89. The molecular weight excluding hydrogens is 236 g/mol. The number of nitrogens with two attached hydrogens (primary N) is 1. The van der Waals surface area contributed by atoms with E-state index in [9.17, 15) is 5.11 Å². The second kappa shape index (κ2) is 5.93. The maximum atomic E-state index is 10.3. The number of β-amino-alcohol motifs (C(OH)–C–C–N with tert-alkyl or cyclic N) is 1. The summed E-state index contributed by atoms with van der Waals surface area (Å²) in [4.78, 5) is 2.37. The minimum Gasteiger partial charge on any atom is -0.399 e. The van der Waals surface area contributed by atoms with Gasteiger partial charge >= 0.3 is 0 Å². The van der Waals surface area contributed by atoms with Crippen LogP contribution in [0.3, 0.4) is 0 Å². The Bertz CT molecular complexity index is 411. The molecule has 0 radical (unpaired) electrons. The molecule has 1 aromatic rings. The lowest BCUT2D eigenvalue weighted by molar-refractivity contribution is 0.0627. The number of nitrogens with zero attached hydrogens (tertiary/aromatic N) is 1. The van der Waals surface area contributed by atoms with E-state index < -0.39 is 6.10 Å². The first-order valence-electron chi connectivity index (χ1n) is 7.28. The summed E-state index contributed by atoms with van der Waals surface area (Å²) in [5.41, 5.74) is 7.89.